The Morgan fingerprint density at radius 1 is 0.892 bits per heavy atom. The van der Waals surface area contributed by atoms with Gasteiger partial charge in [-0.2, -0.15) is 0 Å². The molecule has 0 atom stereocenters. The second-order valence-electron chi connectivity index (χ2n) is 8.79. The summed E-state index contributed by atoms with van der Waals surface area (Å²) in [7, 11) is 0. The van der Waals surface area contributed by atoms with Gasteiger partial charge in [0.2, 0.25) is 0 Å². The first kappa shape index (κ1) is 23.9. The van der Waals surface area contributed by atoms with Crippen molar-refractivity contribution >= 4 is 40.4 Å². The molecule has 6 nitrogen and oxygen atoms in total. The maximum Gasteiger partial charge on any atom is 0.335 e. The maximum atomic E-state index is 13.6. The van der Waals surface area contributed by atoms with E-state index in [0.29, 0.717) is 17.0 Å². The van der Waals surface area contributed by atoms with Crippen molar-refractivity contribution in [3.8, 4) is 5.75 Å². The lowest BCUT2D eigenvalue weighted by molar-refractivity contribution is -0.122. The Hall–Kier alpha value is -4.78. The SMILES string of the molecule is Cc1cccc(N2C(=O)NC(=O)/C(=C\c3c(OCc4ccc(F)cc4)ccc4ccccc34)C2=O)c1C. The van der Waals surface area contributed by atoms with E-state index in [9.17, 15) is 18.8 Å². The summed E-state index contributed by atoms with van der Waals surface area (Å²) in [5.74, 6) is -1.41. The monoisotopic (exact) mass is 494 g/mol. The van der Waals surface area contributed by atoms with Gasteiger partial charge in [0, 0.05) is 5.56 Å². The number of carbonyl (C=O) groups excluding carboxylic acids is 3. The molecule has 1 aliphatic heterocycles. The van der Waals surface area contributed by atoms with E-state index in [2.05, 4.69) is 5.32 Å². The molecule has 0 bridgehead atoms. The van der Waals surface area contributed by atoms with Gasteiger partial charge in [0.25, 0.3) is 11.8 Å². The molecule has 1 heterocycles. The molecule has 4 aromatic carbocycles. The van der Waals surface area contributed by atoms with Crippen LogP contribution >= 0.6 is 0 Å². The quantitative estimate of drug-likeness (QED) is 0.279. The number of halogens is 1. The first-order chi connectivity index (χ1) is 17.8. The summed E-state index contributed by atoms with van der Waals surface area (Å²) >= 11 is 0. The molecule has 0 radical (unpaired) electrons. The number of anilines is 1. The van der Waals surface area contributed by atoms with Crippen molar-refractivity contribution in [2.24, 2.45) is 0 Å². The number of aryl methyl sites for hydroxylation is 1. The second kappa shape index (κ2) is 9.70. The van der Waals surface area contributed by atoms with Gasteiger partial charge in [-0.15, -0.1) is 0 Å². The van der Waals surface area contributed by atoms with Gasteiger partial charge in [0.1, 0.15) is 23.7 Å². The van der Waals surface area contributed by atoms with Crippen LogP contribution in [-0.4, -0.2) is 17.8 Å². The zero-order chi connectivity index (χ0) is 26.1. The zero-order valence-electron chi connectivity index (χ0n) is 20.2. The lowest BCUT2D eigenvalue weighted by atomic mass is 9.99. The predicted molar refractivity (Wildman–Crippen MR) is 140 cm³/mol. The average molecular weight is 495 g/mol. The van der Waals surface area contributed by atoms with E-state index in [1.807, 2.05) is 50.2 Å². The van der Waals surface area contributed by atoms with Crippen LogP contribution in [0.4, 0.5) is 14.9 Å². The Morgan fingerprint density at radius 2 is 1.65 bits per heavy atom. The van der Waals surface area contributed by atoms with Crippen LogP contribution in [0.5, 0.6) is 5.75 Å². The third-order valence-electron chi connectivity index (χ3n) is 6.45. The van der Waals surface area contributed by atoms with E-state index >= 15 is 0 Å². The fourth-order valence-corrected chi connectivity index (χ4v) is 4.29. The van der Waals surface area contributed by atoms with Crippen molar-refractivity contribution in [2.45, 2.75) is 20.5 Å². The third-order valence-corrected chi connectivity index (χ3v) is 6.45. The smallest absolute Gasteiger partial charge is 0.335 e. The van der Waals surface area contributed by atoms with Gasteiger partial charge < -0.3 is 4.74 Å². The molecule has 184 valence electrons. The summed E-state index contributed by atoms with van der Waals surface area (Å²) < 4.78 is 19.4. The number of barbiturate groups is 1. The van der Waals surface area contributed by atoms with Gasteiger partial charge in [-0.25, -0.2) is 14.1 Å². The molecule has 4 amide bonds. The lowest BCUT2D eigenvalue weighted by Gasteiger charge is -2.28. The van der Waals surface area contributed by atoms with E-state index in [4.69, 9.17) is 4.74 Å². The number of hydrogen-bond acceptors (Lipinski definition) is 4. The van der Waals surface area contributed by atoms with Crippen molar-refractivity contribution in [3.63, 3.8) is 0 Å². The summed E-state index contributed by atoms with van der Waals surface area (Å²) in [4.78, 5) is 40.2. The van der Waals surface area contributed by atoms with Crippen molar-refractivity contribution in [3.05, 3.63) is 113 Å². The Labute approximate surface area is 213 Å². The number of urea groups is 1. The average Bonchev–Trinajstić information content (AvgIpc) is 2.89. The molecular formula is C30H23FN2O4. The molecule has 0 saturated carbocycles. The van der Waals surface area contributed by atoms with Gasteiger partial charge in [-0.1, -0.05) is 54.6 Å². The van der Waals surface area contributed by atoms with Gasteiger partial charge in [-0.05, 0) is 71.7 Å². The number of amides is 4. The fourth-order valence-electron chi connectivity index (χ4n) is 4.29. The van der Waals surface area contributed by atoms with E-state index in [-0.39, 0.29) is 18.0 Å². The summed E-state index contributed by atoms with van der Waals surface area (Å²) in [6, 6.07) is 21.6. The fraction of sp³-hybridized carbons (Fsp3) is 0.100. The number of rotatable bonds is 5. The first-order valence-corrected chi connectivity index (χ1v) is 11.7. The highest BCUT2D eigenvalue weighted by Crippen LogP contribution is 2.33. The number of fused-ring (bicyclic) bond motifs is 1. The maximum absolute atomic E-state index is 13.6. The molecule has 0 aromatic heterocycles. The topological polar surface area (TPSA) is 75.7 Å². The molecule has 0 unspecified atom stereocenters. The molecule has 37 heavy (non-hydrogen) atoms. The number of ether oxygens (including phenoxy) is 1. The summed E-state index contributed by atoms with van der Waals surface area (Å²) in [6.45, 7) is 3.85. The van der Waals surface area contributed by atoms with Crippen LogP contribution in [0.25, 0.3) is 16.8 Å². The van der Waals surface area contributed by atoms with Gasteiger partial charge >= 0.3 is 6.03 Å². The minimum absolute atomic E-state index is 0.155. The molecule has 4 aromatic rings. The normalized spacial score (nSPS) is 14.8. The van der Waals surface area contributed by atoms with Crippen LogP contribution in [0.2, 0.25) is 0 Å². The standard InChI is InChI=1S/C30H23FN2O4/c1-18-6-5-9-26(19(18)2)33-29(35)25(28(34)32-30(33)36)16-24-23-8-4-3-7-21(23)12-15-27(24)37-17-20-10-13-22(31)14-11-20/h3-16H,17H2,1-2H3,(H,32,34,36)/b25-16+. The molecule has 1 fully saturated rings. The Morgan fingerprint density at radius 3 is 2.43 bits per heavy atom. The number of hydrogen-bond donors (Lipinski definition) is 1. The number of nitrogens with one attached hydrogen (secondary N) is 1. The van der Waals surface area contributed by atoms with E-state index in [1.165, 1.54) is 18.2 Å². The van der Waals surface area contributed by atoms with Crippen LogP contribution in [-0.2, 0) is 16.2 Å². The number of nitrogens with zero attached hydrogens (tertiary/aromatic N) is 1. The molecule has 1 saturated heterocycles. The van der Waals surface area contributed by atoms with Crippen LogP contribution in [0.1, 0.15) is 22.3 Å². The molecular weight excluding hydrogens is 471 g/mol. The van der Waals surface area contributed by atoms with Gasteiger partial charge in [-0.3, -0.25) is 14.9 Å². The Kier molecular flexibility index (Phi) is 6.27. The number of imide groups is 2. The van der Waals surface area contributed by atoms with E-state index < -0.39 is 17.8 Å². The summed E-state index contributed by atoms with van der Waals surface area (Å²) in [5, 5.41) is 3.94. The molecule has 0 spiro atoms. The van der Waals surface area contributed by atoms with Crippen molar-refractivity contribution in [1.82, 2.24) is 5.32 Å². The minimum atomic E-state index is -0.799. The van der Waals surface area contributed by atoms with Crippen molar-refractivity contribution in [2.75, 3.05) is 4.90 Å². The third kappa shape index (κ3) is 4.59. The highest BCUT2D eigenvalue weighted by molar-refractivity contribution is 6.39. The molecule has 1 aliphatic rings. The highest BCUT2D eigenvalue weighted by atomic mass is 19.1. The van der Waals surface area contributed by atoms with E-state index in [1.54, 1.807) is 30.3 Å². The number of benzene rings is 4. The van der Waals surface area contributed by atoms with Crippen molar-refractivity contribution < 1.29 is 23.5 Å². The van der Waals surface area contributed by atoms with Gasteiger partial charge in [0.05, 0.1) is 5.69 Å². The van der Waals surface area contributed by atoms with Crippen LogP contribution in [0, 0.1) is 19.7 Å². The molecule has 5 rings (SSSR count). The molecule has 7 heteroatoms. The van der Waals surface area contributed by atoms with Crippen LogP contribution in [0.3, 0.4) is 0 Å². The highest BCUT2D eigenvalue weighted by Gasteiger charge is 2.37. The molecule has 0 aliphatic carbocycles. The minimum Gasteiger partial charge on any atom is -0.488 e. The Balaban J connectivity index is 1.59. The van der Waals surface area contributed by atoms with Crippen LogP contribution < -0.4 is 15.0 Å². The van der Waals surface area contributed by atoms with Crippen LogP contribution in [0.15, 0.2) is 84.4 Å². The van der Waals surface area contributed by atoms with E-state index in [0.717, 1.165) is 32.4 Å². The Bertz CT molecular complexity index is 1590. The lowest BCUT2D eigenvalue weighted by Crippen LogP contribution is -2.54. The molecule has 1 N–H and O–H groups in total. The largest absolute Gasteiger partial charge is 0.488 e. The second-order valence-corrected chi connectivity index (χ2v) is 8.79. The van der Waals surface area contributed by atoms with Crippen molar-refractivity contribution in [1.29, 1.82) is 0 Å². The predicted octanol–water partition coefficient (Wildman–Crippen LogP) is 5.84. The number of carbonyl (C=O) groups is 3. The summed E-state index contributed by atoms with van der Waals surface area (Å²) in [6.07, 6.45) is 1.46. The zero-order valence-corrected chi connectivity index (χ0v) is 20.2. The summed E-state index contributed by atoms with van der Waals surface area (Å²) in [5.41, 5.74) is 3.16. The van der Waals surface area contributed by atoms with Gasteiger partial charge in [0.15, 0.2) is 0 Å². The first-order valence-electron chi connectivity index (χ1n) is 11.7.